The lowest BCUT2D eigenvalue weighted by molar-refractivity contribution is 0.597. The van der Waals surface area contributed by atoms with Crippen LogP contribution in [0, 0.1) is 0 Å². The fraction of sp³-hybridized carbons (Fsp3) is 0. The Hall–Kier alpha value is -2.16. The van der Waals surface area contributed by atoms with Crippen molar-refractivity contribution in [1.29, 1.82) is 0 Å². The lowest BCUT2D eigenvalue weighted by Gasteiger charge is -2.05. The van der Waals surface area contributed by atoms with Gasteiger partial charge in [-0.05, 0) is 35.9 Å². The molecule has 0 unspecified atom stereocenters. The van der Waals surface area contributed by atoms with Crippen molar-refractivity contribution < 1.29 is 16.8 Å². The van der Waals surface area contributed by atoms with Gasteiger partial charge < -0.3 is 0 Å². The van der Waals surface area contributed by atoms with Crippen molar-refractivity contribution in [1.82, 2.24) is 0 Å². The Kier molecular flexibility index (Phi) is 4.65. The number of primary sulfonamides is 1. The highest BCUT2D eigenvalue weighted by Crippen LogP contribution is 2.15. The Morgan fingerprint density at radius 2 is 1.45 bits per heavy atom. The van der Waals surface area contributed by atoms with E-state index < -0.39 is 20.0 Å². The second kappa shape index (κ2) is 6.30. The van der Waals surface area contributed by atoms with Crippen LogP contribution in [0.15, 0.2) is 64.9 Å². The largest absolute Gasteiger partial charge is 0.280 e. The van der Waals surface area contributed by atoms with Gasteiger partial charge in [-0.3, -0.25) is 4.72 Å². The lowest BCUT2D eigenvalue weighted by Crippen LogP contribution is -2.12. The van der Waals surface area contributed by atoms with E-state index in [1.54, 1.807) is 24.3 Å². The minimum atomic E-state index is -3.80. The van der Waals surface area contributed by atoms with Gasteiger partial charge in [0.15, 0.2) is 0 Å². The number of rotatable bonds is 5. The van der Waals surface area contributed by atoms with Crippen molar-refractivity contribution in [3.05, 3.63) is 65.6 Å². The lowest BCUT2D eigenvalue weighted by atomic mass is 10.2. The first-order chi connectivity index (χ1) is 10.3. The number of nitrogens with two attached hydrogens (primary N) is 1. The number of nitrogens with one attached hydrogen (secondary N) is 1. The molecule has 22 heavy (non-hydrogen) atoms. The summed E-state index contributed by atoms with van der Waals surface area (Å²) in [6.45, 7) is 0. The molecule has 0 bridgehead atoms. The molecule has 0 aliphatic rings. The fourth-order valence-corrected chi connectivity index (χ4v) is 3.03. The maximum atomic E-state index is 11.9. The zero-order valence-corrected chi connectivity index (χ0v) is 13.0. The molecule has 0 aliphatic heterocycles. The molecule has 0 radical (unpaired) electrons. The van der Waals surface area contributed by atoms with E-state index in [-0.39, 0.29) is 10.6 Å². The van der Waals surface area contributed by atoms with Gasteiger partial charge in [0, 0.05) is 5.69 Å². The number of sulfonamides is 2. The van der Waals surface area contributed by atoms with Crippen LogP contribution in [-0.4, -0.2) is 16.8 Å². The summed E-state index contributed by atoms with van der Waals surface area (Å²) in [6.07, 6.45) is 1.46. The second-order valence-corrected chi connectivity index (χ2v) is 7.56. The first-order valence-electron chi connectivity index (χ1n) is 6.15. The van der Waals surface area contributed by atoms with Crippen LogP contribution in [0.2, 0.25) is 0 Å². The van der Waals surface area contributed by atoms with Crippen LogP contribution < -0.4 is 9.86 Å². The number of benzene rings is 2. The van der Waals surface area contributed by atoms with Crippen molar-refractivity contribution in [3.8, 4) is 0 Å². The van der Waals surface area contributed by atoms with Crippen LogP contribution in [-0.2, 0) is 20.0 Å². The van der Waals surface area contributed by atoms with Gasteiger partial charge in [-0.2, -0.15) is 0 Å². The van der Waals surface area contributed by atoms with Crippen LogP contribution in [0.25, 0.3) is 6.08 Å². The normalized spacial score (nSPS) is 12.4. The summed E-state index contributed by atoms with van der Waals surface area (Å²) in [7, 11) is -7.49. The van der Waals surface area contributed by atoms with Gasteiger partial charge in [-0.25, -0.2) is 22.0 Å². The van der Waals surface area contributed by atoms with Crippen molar-refractivity contribution in [3.63, 3.8) is 0 Å². The van der Waals surface area contributed by atoms with Gasteiger partial charge in [-0.1, -0.05) is 30.3 Å². The Balaban J connectivity index is 2.14. The smallest absolute Gasteiger partial charge is 0.255 e. The minimum Gasteiger partial charge on any atom is -0.280 e. The summed E-state index contributed by atoms with van der Waals surface area (Å²) in [5.41, 5.74) is 0.988. The van der Waals surface area contributed by atoms with E-state index in [0.717, 1.165) is 11.0 Å². The number of anilines is 1. The van der Waals surface area contributed by atoms with E-state index in [0.29, 0.717) is 0 Å². The van der Waals surface area contributed by atoms with Crippen LogP contribution in [0.1, 0.15) is 5.56 Å². The topological polar surface area (TPSA) is 106 Å². The van der Waals surface area contributed by atoms with Crippen LogP contribution in [0.5, 0.6) is 0 Å². The van der Waals surface area contributed by atoms with E-state index in [1.807, 2.05) is 6.07 Å². The molecule has 0 heterocycles. The standard InChI is InChI=1S/C14H14N2O4S2/c15-22(19,20)14-8-6-13(7-9-14)16-21(17,18)11-10-12-4-2-1-3-5-12/h1-11,16H,(H2,15,19,20)/b11-10+. The SMILES string of the molecule is NS(=O)(=O)c1ccc(NS(=O)(=O)/C=C/c2ccccc2)cc1. The molecule has 0 aliphatic carbocycles. The summed E-state index contributed by atoms with van der Waals surface area (Å²) in [4.78, 5) is -0.0877. The Morgan fingerprint density at radius 1 is 0.864 bits per heavy atom. The summed E-state index contributed by atoms with van der Waals surface area (Å²) >= 11 is 0. The molecule has 2 rings (SSSR count). The molecular weight excluding hydrogens is 324 g/mol. The van der Waals surface area contributed by atoms with Crippen molar-refractivity contribution >= 4 is 31.8 Å². The summed E-state index contributed by atoms with van der Waals surface area (Å²) < 4.78 is 48.4. The van der Waals surface area contributed by atoms with Gasteiger partial charge in [-0.15, -0.1) is 0 Å². The molecule has 2 aromatic carbocycles. The molecule has 0 spiro atoms. The molecule has 3 N–H and O–H groups in total. The highest BCUT2D eigenvalue weighted by molar-refractivity contribution is 7.95. The minimum absolute atomic E-state index is 0.0877. The molecule has 0 fully saturated rings. The summed E-state index contributed by atoms with van der Waals surface area (Å²) in [5, 5.41) is 6.01. The molecule has 2 aromatic rings. The first-order valence-corrected chi connectivity index (χ1v) is 9.24. The van der Waals surface area contributed by atoms with Gasteiger partial charge in [0.05, 0.1) is 10.3 Å². The number of hydrogen-bond donors (Lipinski definition) is 2. The van der Waals surface area contributed by atoms with E-state index in [1.165, 1.54) is 30.3 Å². The van der Waals surface area contributed by atoms with Crippen molar-refractivity contribution in [2.75, 3.05) is 4.72 Å². The van der Waals surface area contributed by atoms with E-state index >= 15 is 0 Å². The molecule has 116 valence electrons. The van der Waals surface area contributed by atoms with Gasteiger partial charge >= 0.3 is 0 Å². The zero-order valence-electron chi connectivity index (χ0n) is 11.4. The van der Waals surface area contributed by atoms with Gasteiger partial charge in [0.25, 0.3) is 10.0 Å². The second-order valence-electron chi connectivity index (χ2n) is 4.43. The van der Waals surface area contributed by atoms with E-state index in [4.69, 9.17) is 5.14 Å². The van der Waals surface area contributed by atoms with Gasteiger partial charge in [0.2, 0.25) is 10.0 Å². The monoisotopic (exact) mass is 338 g/mol. The van der Waals surface area contributed by atoms with E-state index in [9.17, 15) is 16.8 Å². The third-order valence-corrected chi connectivity index (χ3v) is 4.63. The maximum Gasteiger partial charge on any atom is 0.255 e. The van der Waals surface area contributed by atoms with Crippen molar-refractivity contribution in [2.24, 2.45) is 5.14 Å². The van der Waals surface area contributed by atoms with Gasteiger partial charge in [0.1, 0.15) is 0 Å². The molecule has 0 saturated carbocycles. The van der Waals surface area contributed by atoms with Crippen LogP contribution >= 0.6 is 0 Å². The summed E-state index contributed by atoms with van der Waals surface area (Å²) in [6, 6.07) is 14.1. The molecule has 6 nitrogen and oxygen atoms in total. The molecule has 8 heteroatoms. The third kappa shape index (κ3) is 4.69. The molecule has 0 saturated heterocycles. The molecular formula is C14H14N2O4S2. The highest BCUT2D eigenvalue weighted by atomic mass is 32.2. The quantitative estimate of drug-likeness (QED) is 0.866. The average molecular weight is 338 g/mol. The van der Waals surface area contributed by atoms with E-state index in [2.05, 4.69) is 4.72 Å². The summed E-state index contributed by atoms with van der Waals surface area (Å²) in [5.74, 6) is 0. The fourth-order valence-electron chi connectivity index (χ4n) is 1.64. The number of hydrogen-bond acceptors (Lipinski definition) is 4. The Labute approximate surface area is 129 Å². The predicted octanol–water partition coefficient (Wildman–Crippen LogP) is 1.75. The first kappa shape index (κ1) is 16.2. The maximum absolute atomic E-state index is 11.9. The predicted molar refractivity (Wildman–Crippen MR) is 85.8 cm³/mol. The third-order valence-electron chi connectivity index (χ3n) is 2.68. The zero-order chi connectivity index (χ0) is 16.2. The molecule has 0 aromatic heterocycles. The highest BCUT2D eigenvalue weighted by Gasteiger charge is 2.09. The molecule has 0 amide bonds. The average Bonchev–Trinajstić information content (AvgIpc) is 2.46. The van der Waals surface area contributed by atoms with Crippen molar-refractivity contribution in [2.45, 2.75) is 4.90 Å². The molecule has 0 atom stereocenters. The van der Waals surface area contributed by atoms with Crippen LogP contribution in [0.3, 0.4) is 0 Å². The Bertz CT molecular complexity index is 872. The Morgan fingerprint density at radius 3 is 2.00 bits per heavy atom. The van der Waals surface area contributed by atoms with Crippen LogP contribution in [0.4, 0.5) is 5.69 Å².